The van der Waals surface area contributed by atoms with Gasteiger partial charge in [-0.1, -0.05) is 6.92 Å². The highest BCUT2D eigenvalue weighted by molar-refractivity contribution is 5.85. The van der Waals surface area contributed by atoms with Crippen molar-refractivity contribution in [2.75, 3.05) is 19.6 Å². The molecule has 2 N–H and O–H groups in total. The number of rotatable bonds is 2. The first-order chi connectivity index (χ1) is 7.36. The molecular weight excluding hydrogens is 257 g/mol. The van der Waals surface area contributed by atoms with Gasteiger partial charge in [0.25, 0.3) is 0 Å². The van der Waals surface area contributed by atoms with Crippen molar-refractivity contribution in [3.8, 4) is 0 Å². The van der Waals surface area contributed by atoms with Crippen molar-refractivity contribution >= 4 is 18.3 Å². The Labute approximate surface area is 105 Å². The van der Waals surface area contributed by atoms with Gasteiger partial charge in [0, 0.05) is 13.1 Å². The summed E-state index contributed by atoms with van der Waals surface area (Å²) in [7, 11) is 0. The fraction of sp³-hybridized carbons (Fsp3) is 0.900. The lowest BCUT2D eigenvalue weighted by molar-refractivity contribution is -0.186. The maximum Gasteiger partial charge on any atom is 0.471 e. The Morgan fingerprint density at radius 3 is 2.24 bits per heavy atom. The van der Waals surface area contributed by atoms with Crippen molar-refractivity contribution in [2.24, 2.45) is 17.6 Å². The molecule has 0 spiro atoms. The molecule has 102 valence electrons. The number of amides is 1. The van der Waals surface area contributed by atoms with Crippen LogP contribution in [0.25, 0.3) is 0 Å². The van der Waals surface area contributed by atoms with Crippen molar-refractivity contribution in [1.29, 1.82) is 0 Å². The van der Waals surface area contributed by atoms with Gasteiger partial charge in [-0.05, 0) is 31.2 Å². The predicted octanol–water partition coefficient (Wildman–Crippen LogP) is 1.80. The zero-order chi connectivity index (χ0) is 12.3. The standard InChI is InChI=1S/C10H17F3N2O.ClH/c1-7(6-14)8-2-4-15(5-3-8)9(16)10(11,12)13;/h7-8H,2-6,14H2,1H3;1H. The third-order valence-corrected chi connectivity index (χ3v) is 3.25. The normalized spacial score (nSPS) is 19.7. The van der Waals surface area contributed by atoms with Crippen LogP contribution in [0, 0.1) is 11.8 Å². The fourth-order valence-electron chi connectivity index (χ4n) is 2.04. The largest absolute Gasteiger partial charge is 0.471 e. The van der Waals surface area contributed by atoms with E-state index in [2.05, 4.69) is 0 Å². The van der Waals surface area contributed by atoms with Crippen LogP contribution in [0.5, 0.6) is 0 Å². The molecule has 0 aliphatic carbocycles. The highest BCUT2D eigenvalue weighted by atomic mass is 35.5. The molecule has 1 atom stereocenters. The van der Waals surface area contributed by atoms with Crippen LogP contribution in [0.1, 0.15) is 19.8 Å². The Morgan fingerprint density at radius 1 is 1.41 bits per heavy atom. The summed E-state index contributed by atoms with van der Waals surface area (Å²) >= 11 is 0. The minimum atomic E-state index is -4.74. The molecule has 7 heteroatoms. The van der Waals surface area contributed by atoms with Crippen molar-refractivity contribution in [3.05, 3.63) is 0 Å². The molecule has 1 rings (SSSR count). The van der Waals surface area contributed by atoms with Crippen LogP contribution in [0.3, 0.4) is 0 Å². The summed E-state index contributed by atoms with van der Waals surface area (Å²) in [5, 5.41) is 0. The number of carbonyl (C=O) groups excluding carboxylic acids is 1. The van der Waals surface area contributed by atoms with E-state index < -0.39 is 12.1 Å². The van der Waals surface area contributed by atoms with E-state index in [4.69, 9.17) is 5.73 Å². The van der Waals surface area contributed by atoms with E-state index in [9.17, 15) is 18.0 Å². The smallest absolute Gasteiger partial charge is 0.335 e. The van der Waals surface area contributed by atoms with E-state index in [1.54, 1.807) is 0 Å². The highest BCUT2D eigenvalue weighted by Gasteiger charge is 2.43. The summed E-state index contributed by atoms with van der Waals surface area (Å²) in [4.78, 5) is 11.8. The lowest BCUT2D eigenvalue weighted by atomic mass is 9.85. The van der Waals surface area contributed by atoms with Crippen LogP contribution in [0.15, 0.2) is 0 Å². The first kappa shape index (κ1) is 16.5. The Hall–Kier alpha value is -0.490. The summed E-state index contributed by atoms with van der Waals surface area (Å²) in [6, 6.07) is 0. The summed E-state index contributed by atoms with van der Waals surface area (Å²) in [5.41, 5.74) is 5.51. The summed E-state index contributed by atoms with van der Waals surface area (Å²) < 4.78 is 36.4. The average molecular weight is 275 g/mol. The monoisotopic (exact) mass is 274 g/mol. The minimum absolute atomic E-state index is 0. The van der Waals surface area contributed by atoms with E-state index in [1.807, 2.05) is 6.92 Å². The van der Waals surface area contributed by atoms with Gasteiger partial charge in [-0.15, -0.1) is 12.4 Å². The third-order valence-electron chi connectivity index (χ3n) is 3.25. The van der Waals surface area contributed by atoms with Crippen molar-refractivity contribution < 1.29 is 18.0 Å². The molecule has 0 aromatic carbocycles. The van der Waals surface area contributed by atoms with Crippen molar-refractivity contribution in [1.82, 2.24) is 4.90 Å². The summed E-state index contributed by atoms with van der Waals surface area (Å²) in [6.07, 6.45) is -3.52. The molecule has 1 heterocycles. The van der Waals surface area contributed by atoms with Gasteiger partial charge in [0.2, 0.25) is 0 Å². The topological polar surface area (TPSA) is 46.3 Å². The second kappa shape index (κ2) is 6.44. The number of nitrogens with zero attached hydrogens (tertiary/aromatic N) is 1. The molecule has 0 radical (unpaired) electrons. The third kappa shape index (κ3) is 4.35. The maximum atomic E-state index is 12.1. The maximum absolute atomic E-state index is 12.1. The lowest BCUT2D eigenvalue weighted by Crippen LogP contribution is -2.46. The van der Waals surface area contributed by atoms with Crippen LogP contribution < -0.4 is 5.73 Å². The second-order valence-electron chi connectivity index (χ2n) is 4.34. The Kier molecular flexibility index (Phi) is 6.26. The molecule has 0 aromatic heterocycles. The number of piperidine rings is 1. The molecule has 1 aliphatic heterocycles. The SMILES string of the molecule is CC(CN)C1CCN(C(=O)C(F)(F)F)CC1.Cl. The zero-order valence-electron chi connectivity index (χ0n) is 9.67. The van der Waals surface area contributed by atoms with Gasteiger partial charge >= 0.3 is 12.1 Å². The number of alkyl halides is 3. The molecule has 0 saturated carbocycles. The van der Waals surface area contributed by atoms with Crippen LogP contribution in [0.4, 0.5) is 13.2 Å². The average Bonchev–Trinajstić information content (AvgIpc) is 2.26. The Bertz CT molecular complexity index is 252. The van der Waals surface area contributed by atoms with E-state index in [-0.39, 0.29) is 25.5 Å². The number of carbonyl (C=O) groups is 1. The molecule has 0 bridgehead atoms. The fourth-order valence-corrected chi connectivity index (χ4v) is 2.04. The number of halogens is 4. The molecular formula is C10H18ClF3N2O. The minimum Gasteiger partial charge on any atom is -0.335 e. The van der Waals surface area contributed by atoms with Gasteiger partial charge in [0.05, 0.1) is 0 Å². The van der Waals surface area contributed by atoms with E-state index >= 15 is 0 Å². The molecule has 1 amide bonds. The van der Waals surface area contributed by atoms with E-state index in [1.165, 1.54) is 0 Å². The number of hydrogen-bond donors (Lipinski definition) is 1. The molecule has 1 aliphatic rings. The lowest BCUT2D eigenvalue weighted by Gasteiger charge is -2.34. The van der Waals surface area contributed by atoms with Crippen LogP contribution >= 0.6 is 12.4 Å². The summed E-state index contributed by atoms with van der Waals surface area (Å²) in [6.45, 7) is 2.91. The molecule has 1 saturated heterocycles. The summed E-state index contributed by atoms with van der Waals surface area (Å²) in [5.74, 6) is -1.07. The quantitative estimate of drug-likeness (QED) is 0.835. The van der Waals surface area contributed by atoms with Gasteiger partial charge in [-0.25, -0.2) is 0 Å². The first-order valence-electron chi connectivity index (χ1n) is 5.42. The van der Waals surface area contributed by atoms with E-state index in [0.29, 0.717) is 31.2 Å². The van der Waals surface area contributed by atoms with Gasteiger partial charge in [-0.2, -0.15) is 13.2 Å². The van der Waals surface area contributed by atoms with Gasteiger partial charge in [-0.3, -0.25) is 4.79 Å². The zero-order valence-corrected chi connectivity index (χ0v) is 10.5. The Balaban J connectivity index is 0.00000256. The van der Waals surface area contributed by atoms with Gasteiger partial charge in [0.1, 0.15) is 0 Å². The Morgan fingerprint density at radius 2 is 1.88 bits per heavy atom. The molecule has 1 unspecified atom stereocenters. The van der Waals surface area contributed by atoms with Crippen molar-refractivity contribution in [3.63, 3.8) is 0 Å². The van der Waals surface area contributed by atoms with Crippen LogP contribution in [0.2, 0.25) is 0 Å². The highest BCUT2D eigenvalue weighted by Crippen LogP contribution is 2.27. The molecule has 3 nitrogen and oxygen atoms in total. The molecule has 17 heavy (non-hydrogen) atoms. The van der Waals surface area contributed by atoms with E-state index in [0.717, 1.165) is 4.90 Å². The van der Waals surface area contributed by atoms with Crippen LogP contribution in [-0.2, 0) is 4.79 Å². The number of likely N-dealkylation sites (tertiary alicyclic amines) is 1. The molecule has 1 fully saturated rings. The predicted molar refractivity (Wildman–Crippen MR) is 60.8 cm³/mol. The second-order valence-corrected chi connectivity index (χ2v) is 4.34. The van der Waals surface area contributed by atoms with Gasteiger partial charge in [0.15, 0.2) is 0 Å². The van der Waals surface area contributed by atoms with Crippen molar-refractivity contribution in [2.45, 2.75) is 25.9 Å². The number of hydrogen-bond acceptors (Lipinski definition) is 2. The molecule has 0 aromatic rings. The first-order valence-corrected chi connectivity index (χ1v) is 5.42. The number of nitrogens with two attached hydrogens (primary N) is 1. The van der Waals surface area contributed by atoms with Crippen LogP contribution in [-0.4, -0.2) is 36.6 Å². The van der Waals surface area contributed by atoms with Gasteiger partial charge < -0.3 is 10.6 Å².